The van der Waals surface area contributed by atoms with Crippen LogP contribution in [0.15, 0.2) is 36.7 Å². The highest BCUT2D eigenvalue weighted by molar-refractivity contribution is 5.77. The average molecular weight is 210 g/mol. The summed E-state index contributed by atoms with van der Waals surface area (Å²) in [4.78, 5) is 16.0. The molecule has 0 aliphatic heterocycles. The Hall–Kier alpha value is -2.23. The normalized spacial score (nSPS) is 10.8. The fourth-order valence-electron chi connectivity index (χ4n) is 1.68. The molecule has 0 radical (unpaired) electrons. The molecule has 0 unspecified atom stereocenters. The van der Waals surface area contributed by atoms with Crippen molar-refractivity contribution in [2.24, 2.45) is 0 Å². The molecule has 0 aliphatic carbocycles. The topological polar surface area (TPSA) is 54.5 Å². The molecule has 0 saturated carbocycles. The molecule has 1 N–H and O–H groups in total. The Kier molecular flexibility index (Phi) is 1.93. The third-order valence-corrected chi connectivity index (χ3v) is 2.51. The van der Waals surface area contributed by atoms with Crippen LogP contribution < -0.4 is 0 Å². The van der Waals surface area contributed by atoms with Crippen LogP contribution in [0.5, 0.6) is 0 Å². The van der Waals surface area contributed by atoms with Crippen molar-refractivity contribution in [3.63, 3.8) is 0 Å². The molecular weight excluding hydrogens is 200 g/mol. The molecule has 1 aromatic carbocycles. The zero-order chi connectivity index (χ0) is 11.0. The average Bonchev–Trinajstić information content (AvgIpc) is 2.76. The highest BCUT2D eigenvalue weighted by Gasteiger charge is 2.07. The van der Waals surface area contributed by atoms with Crippen LogP contribution in [0.2, 0.25) is 0 Å². The summed E-state index contributed by atoms with van der Waals surface area (Å²) in [5, 5.41) is 0. The summed E-state index contributed by atoms with van der Waals surface area (Å²) < 4.78 is 0. The summed E-state index contributed by atoms with van der Waals surface area (Å²) >= 11 is 0. The number of hydrogen-bond acceptors (Lipinski definition) is 3. The van der Waals surface area contributed by atoms with Gasteiger partial charge in [0.15, 0.2) is 5.65 Å². The number of aromatic nitrogens is 4. The van der Waals surface area contributed by atoms with E-state index in [-0.39, 0.29) is 0 Å². The van der Waals surface area contributed by atoms with Gasteiger partial charge in [-0.1, -0.05) is 30.3 Å². The van der Waals surface area contributed by atoms with Crippen molar-refractivity contribution >= 4 is 11.2 Å². The summed E-state index contributed by atoms with van der Waals surface area (Å²) in [6.45, 7) is 1.93. The molecule has 0 spiro atoms. The zero-order valence-electron chi connectivity index (χ0n) is 8.81. The number of fused-ring (bicyclic) bond motifs is 1. The van der Waals surface area contributed by atoms with E-state index in [9.17, 15) is 0 Å². The van der Waals surface area contributed by atoms with Crippen molar-refractivity contribution in [2.75, 3.05) is 0 Å². The van der Waals surface area contributed by atoms with Crippen LogP contribution in [-0.4, -0.2) is 19.9 Å². The minimum atomic E-state index is 0.784. The van der Waals surface area contributed by atoms with Crippen LogP contribution in [0.3, 0.4) is 0 Å². The maximum absolute atomic E-state index is 4.50. The summed E-state index contributed by atoms with van der Waals surface area (Å²) in [5.74, 6) is 0.833. The molecule has 2 aromatic heterocycles. The van der Waals surface area contributed by atoms with Crippen LogP contribution in [0.25, 0.3) is 22.6 Å². The molecule has 0 aliphatic rings. The quantitative estimate of drug-likeness (QED) is 0.670. The van der Waals surface area contributed by atoms with E-state index in [2.05, 4.69) is 19.9 Å². The zero-order valence-corrected chi connectivity index (χ0v) is 8.81. The molecule has 78 valence electrons. The first kappa shape index (κ1) is 9.03. The second-order valence-electron chi connectivity index (χ2n) is 3.61. The van der Waals surface area contributed by atoms with E-state index >= 15 is 0 Å². The van der Waals surface area contributed by atoms with Crippen molar-refractivity contribution < 1.29 is 0 Å². The lowest BCUT2D eigenvalue weighted by Gasteiger charge is -1.93. The summed E-state index contributed by atoms with van der Waals surface area (Å²) in [6, 6.07) is 9.99. The van der Waals surface area contributed by atoms with Gasteiger partial charge in [-0.2, -0.15) is 0 Å². The Morgan fingerprint density at radius 3 is 2.62 bits per heavy atom. The van der Waals surface area contributed by atoms with Gasteiger partial charge in [0.1, 0.15) is 17.7 Å². The van der Waals surface area contributed by atoms with Gasteiger partial charge in [-0.15, -0.1) is 0 Å². The highest BCUT2D eigenvalue weighted by atomic mass is 15.0. The summed E-state index contributed by atoms with van der Waals surface area (Å²) in [7, 11) is 0. The second-order valence-corrected chi connectivity index (χ2v) is 3.61. The number of imidazole rings is 1. The SMILES string of the molecule is Cc1ncnc2[nH]c(-c3ccccc3)nc12. The highest BCUT2D eigenvalue weighted by Crippen LogP contribution is 2.19. The standard InChI is InChI=1S/C12H10N4/c1-8-10-12(14-7-13-8)16-11(15-10)9-5-3-2-4-6-9/h2-7H,1H3,(H,13,14,15,16). The van der Waals surface area contributed by atoms with Gasteiger partial charge in [0.05, 0.1) is 5.69 Å². The summed E-state index contributed by atoms with van der Waals surface area (Å²) in [6.07, 6.45) is 1.55. The Morgan fingerprint density at radius 2 is 1.88 bits per heavy atom. The minimum absolute atomic E-state index is 0.784. The molecule has 16 heavy (non-hydrogen) atoms. The van der Waals surface area contributed by atoms with Crippen molar-refractivity contribution in [1.29, 1.82) is 0 Å². The van der Waals surface area contributed by atoms with Gasteiger partial charge in [0.25, 0.3) is 0 Å². The number of nitrogens with one attached hydrogen (secondary N) is 1. The van der Waals surface area contributed by atoms with Crippen LogP contribution in [0.4, 0.5) is 0 Å². The van der Waals surface area contributed by atoms with Gasteiger partial charge >= 0.3 is 0 Å². The van der Waals surface area contributed by atoms with E-state index in [1.54, 1.807) is 6.33 Å². The molecule has 3 rings (SSSR count). The van der Waals surface area contributed by atoms with Crippen LogP contribution in [0, 0.1) is 6.92 Å². The number of aromatic amines is 1. The van der Waals surface area contributed by atoms with Gasteiger partial charge in [-0.05, 0) is 6.92 Å². The molecule has 0 amide bonds. The first-order valence-electron chi connectivity index (χ1n) is 5.07. The molecule has 0 atom stereocenters. The third-order valence-electron chi connectivity index (χ3n) is 2.51. The van der Waals surface area contributed by atoms with E-state index in [1.807, 2.05) is 37.3 Å². The predicted octanol–water partition coefficient (Wildman–Crippen LogP) is 2.33. The van der Waals surface area contributed by atoms with Crippen molar-refractivity contribution in [1.82, 2.24) is 19.9 Å². The lowest BCUT2D eigenvalue weighted by atomic mass is 10.2. The minimum Gasteiger partial charge on any atom is -0.323 e. The van der Waals surface area contributed by atoms with Gasteiger partial charge in [-0.25, -0.2) is 15.0 Å². The Labute approximate surface area is 92.4 Å². The number of benzene rings is 1. The molecule has 0 fully saturated rings. The molecule has 4 heteroatoms. The summed E-state index contributed by atoms with van der Waals surface area (Å²) in [5.41, 5.74) is 3.57. The number of H-pyrrole nitrogens is 1. The van der Waals surface area contributed by atoms with Crippen molar-refractivity contribution in [3.05, 3.63) is 42.4 Å². The first-order valence-corrected chi connectivity index (χ1v) is 5.07. The third kappa shape index (κ3) is 1.35. The van der Waals surface area contributed by atoms with E-state index in [4.69, 9.17) is 0 Å². The Bertz CT molecular complexity index is 628. The first-order chi connectivity index (χ1) is 7.84. The van der Waals surface area contributed by atoms with E-state index in [0.29, 0.717) is 0 Å². The lowest BCUT2D eigenvalue weighted by molar-refractivity contribution is 1.14. The van der Waals surface area contributed by atoms with Crippen LogP contribution >= 0.6 is 0 Å². The van der Waals surface area contributed by atoms with Crippen LogP contribution in [-0.2, 0) is 0 Å². The van der Waals surface area contributed by atoms with Gasteiger partial charge in [0, 0.05) is 5.56 Å². The number of hydrogen-bond donors (Lipinski definition) is 1. The lowest BCUT2D eigenvalue weighted by Crippen LogP contribution is -1.84. The van der Waals surface area contributed by atoms with Gasteiger partial charge in [0.2, 0.25) is 0 Å². The molecule has 4 nitrogen and oxygen atoms in total. The van der Waals surface area contributed by atoms with E-state index in [1.165, 1.54) is 0 Å². The number of rotatable bonds is 1. The molecule has 2 heterocycles. The van der Waals surface area contributed by atoms with Crippen LogP contribution in [0.1, 0.15) is 5.69 Å². The smallest absolute Gasteiger partial charge is 0.161 e. The number of aryl methyl sites for hydroxylation is 1. The number of nitrogens with zero attached hydrogens (tertiary/aromatic N) is 3. The predicted molar refractivity (Wildman–Crippen MR) is 61.9 cm³/mol. The maximum atomic E-state index is 4.50. The Morgan fingerprint density at radius 1 is 1.06 bits per heavy atom. The van der Waals surface area contributed by atoms with E-state index in [0.717, 1.165) is 28.2 Å². The van der Waals surface area contributed by atoms with Crippen molar-refractivity contribution in [3.8, 4) is 11.4 Å². The van der Waals surface area contributed by atoms with Crippen molar-refractivity contribution in [2.45, 2.75) is 6.92 Å². The fourth-order valence-corrected chi connectivity index (χ4v) is 1.68. The molecule has 0 bridgehead atoms. The molecule has 0 saturated heterocycles. The fraction of sp³-hybridized carbons (Fsp3) is 0.0833. The molecule has 3 aromatic rings. The van der Waals surface area contributed by atoms with E-state index < -0.39 is 0 Å². The van der Waals surface area contributed by atoms with Gasteiger partial charge in [-0.3, -0.25) is 0 Å². The maximum Gasteiger partial charge on any atom is 0.161 e. The van der Waals surface area contributed by atoms with Gasteiger partial charge < -0.3 is 4.98 Å². The monoisotopic (exact) mass is 210 g/mol. The second kappa shape index (κ2) is 3.41. The largest absolute Gasteiger partial charge is 0.323 e. The Balaban J connectivity index is 2.23. The molecular formula is C12H10N4.